The van der Waals surface area contributed by atoms with Gasteiger partial charge in [0.1, 0.15) is 0 Å². The molecule has 1 aliphatic rings. The molecule has 0 bridgehead atoms. The van der Waals surface area contributed by atoms with Crippen LogP contribution in [0, 0.1) is 12.8 Å². The van der Waals surface area contributed by atoms with E-state index in [1.165, 1.54) is 4.31 Å². The van der Waals surface area contributed by atoms with Crippen molar-refractivity contribution in [1.82, 2.24) is 4.31 Å². The molecule has 1 heterocycles. The van der Waals surface area contributed by atoms with Gasteiger partial charge in [-0.2, -0.15) is 4.31 Å². The summed E-state index contributed by atoms with van der Waals surface area (Å²) in [7, 11) is -3.53. The van der Waals surface area contributed by atoms with Crippen molar-refractivity contribution in [3.05, 3.63) is 29.8 Å². The van der Waals surface area contributed by atoms with Gasteiger partial charge in [-0.3, -0.25) is 4.79 Å². The van der Waals surface area contributed by atoms with Crippen LogP contribution >= 0.6 is 0 Å². The molecule has 1 aromatic carbocycles. The molecule has 1 aliphatic heterocycles. The number of carbonyl (C=O) groups is 1. The summed E-state index contributed by atoms with van der Waals surface area (Å²) >= 11 is 0. The molecule has 1 aromatic rings. The molecule has 0 unspecified atom stereocenters. The van der Waals surface area contributed by atoms with Gasteiger partial charge in [0.25, 0.3) is 0 Å². The second-order valence-corrected chi connectivity index (χ2v) is 7.37. The van der Waals surface area contributed by atoms with Crippen molar-refractivity contribution in [3.8, 4) is 0 Å². The Morgan fingerprint density at radius 1 is 1.26 bits per heavy atom. The van der Waals surface area contributed by atoms with Crippen molar-refractivity contribution in [3.63, 3.8) is 0 Å². The zero-order valence-corrected chi connectivity index (χ0v) is 12.3. The lowest BCUT2D eigenvalue weighted by Gasteiger charge is -2.38. The summed E-state index contributed by atoms with van der Waals surface area (Å²) in [6.07, 6.45) is 0.587. The minimum Gasteiger partial charge on any atom is -0.296 e. The molecule has 0 saturated carbocycles. The Balaban J connectivity index is 2.25. The van der Waals surface area contributed by atoms with E-state index in [-0.39, 0.29) is 17.2 Å². The first kappa shape index (κ1) is 14.2. The lowest BCUT2D eigenvalue weighted by atomic mass is 9.95. The lowest BCUT2D eigenvalue weighted by molar-refractivity contribution is -0.131. The van der Waals surface area contributed by atoms with Crippen LogP contribution in [0.2, 0.25) is 0 Å². The number of hydrogen-bond acceptors (Lipinski definition) is 3. The first-order valence-electron chi connectivity index (χ1n) is 6.43. The summed E-state index contributed by atoms with van der Waals surface area (Å²) in [5.41, 5.74) is 1.01. The molecule has 1 atom stereocenters. The summed E-state index contributed by atoms with van der Waals surface area (Å²) in [6, 6.07) is 6.25. The van der Waals surface area contributed by atoms with Gasteiger partial charge in [0.05, 0.1) is 17.5 Å². The minimum atomic E-state index is -3.53. The Morgan fingerprint density at radius 3 is 2.32 bits per heavy atom. The van der Waals surface area contributed by atoms with Crippen LogP contribution in [0.1, 0.15) is 25.8 Å². The third kappa shape index (κ3) is 2.72. The average Bonchev–Trinajstić information content (AvgIpc) is 2.33. The molecule has 2 rings (SSSR count). The fraction of sp³-hybridized carbons (Fsp3) is 0.500. The van der Waals surface area contributed by atoms with Crippen LogP contribution < -0.4 is 0 Å². The molecule has 0 amide bonds. The van der Waals surface area contributed by atoms with Crippen molar-refractivity contribution in [2.45, 2.75) is 38.1 Å². The van der Waals surface area contributed by atoms with Crippen molar-refractivity contribution in [1.29, 1.82) is 0 Å². The standard InChI is InChI=1S/C14H19NO3S/c1-10(2)8-13-14(16)9-15(13)19(17,18)12-6-4-11(3)5-7-12/h4-7,10,13H,8-9H2,1-3H3/t13-/m0/s1. The number of sulfonamides is 1. The maximum absolute atomic E-state index is 12.4. The van der Waals surface area contributed by atoms with E-state index in [2.05, 4.69) is 0 Å². The Morgan fingerprint density at radius 2 is 1.84 bits per heavy atom. The Kier molecular flexibility index (Phi) is 3.78. The first-order chi connectivity index (χ1) is 8.82. The van der Waals surface area contributed by atoms with Gasteiger partial charge in [0, 0.05) is 0 Å². The average molecular weight is 281 g/mol. The zero-order valence-electron chi connectivity index (χ0n) is 11.5. The third-order valence-corrected chi connectivity index (χ3v) is 5.22. The van der Waals surface area contributed by atoms with Crippen LogP contribution in [0.25, 0.3) is 0 Å². The number of carbonyl (C=O) groups excluding carboxylic acids is 1. The fourth-order valence-electron chi connectivity index (χ4n) is 2.21. The fourth-order valence-corrected chi connectivity index (χ4v) is 3.80. The summed E-state index contributed by atoms with van der Waals surface area (Å²) in [5.74, 6) is 0.314. The summed E-state index contributed by atoms with van der Waals surface area (Å²) in [4.78, 5) is 11.9. The summed E-state index contributed by atoms with van der Waals surface area (Å²) in [5, 5.41) is 0. The highest BCUT2D eigenvalue weighted by Crippen LogP contribution is 2.28. The van der Waals surface area contributed by atoms with Gasteiger partial charge in [-0.15, -0.1) is 0 Å². The quantitative estimate of drug-likeness (QED) is 0.848. The first-order valence-corrected chi connectivity index (χ1v) is 7.87. The number of ketones is 1. The van der Waals surface area contributed by atoms with E-state index in [4.69, 9.17) is 0 Å². The van der Waals surface area contributed by atoms with Crippen molar-refractivity contribution >= 4 is 15.8 Å². The molecular formula is C14H19NO3S. The second kappa shape index (κ2) is 5.06. The maximum Gasteiger partial charge on any atom is 0.244 e. The molecule has 0 spiro atoms. The smallest absolute Gasteiger partial charge is 0.244 e. The number of benzene rings is 1. The van der Waals surface area contributed by atoms with Gasteiger partial charge in [0.15, 0.2) is 5.78 Å². The van der Waals surface area contributed by atoms with Crippen LogP contribution in [0.4, 0.5) is 0 Å². The molecular weight excluding hydrogens is 262 g/mol. The van der Waals surface area contributed by atoms with Crippen LogP contribution in [-0.2, 0) is 14.8 Å². The molecule has 4 nitrogen and oxygen atoms in total. The molecule has 104 valence electrons. The number of nitrogens with zero attached hydrogens (tertiary/aromatic N) is 1. The van der Waals surface area contributed by atoms with Gasteiger partial charge in [-0.25, -0.2) is 8.42 Å². The molecule has 19 heavy (non-hydrogen) atoms. The van der Waals surface area contributed by atoms with E-state index in [0.717, 1.165) is 5.56 Å². The molecule has 0 radical (unpaired) electrons. The van der Waals surface area contributed by atoms with E-state index in [1.807, 2.05) is 20.8 Å². The Bertz CT molecular complexity index is 575. The van der Waals surface area contributed by atoms with E-state index in [0.29, 0.717) is 12.3 Å². The van der Waals surface area contributed by atoms with Crippen molar-refractivity contribution in [2.75, 3.05) is 6.54 Å². The number of hydrogen-bond donors (Lipinski definition) is 0. The van der Waals surface area contributed by atoms with E-state index < -0.39 is 16.1 Å². The second-order valence-electron chi connectivity index (χ2n) is 5.47. The largest absolute Gasteiger partial charge is 0.296 e. The van der Waals surface area contributed by atoms with Crippen molar-refractivity contribution < 1.29 is 13.2 Å². The van der Waals surface area contributed by atoms with Crippen LogP contribution in [0.15, 0.2) is 29.2 Å². The van der Waals surface area contributed by atoms with E-state index in [1.54, 1.807) is 24.3 Å². The van der Waals surface area contributed by atoms with Crippen LogP contribution in [-0.4, -0.2) is 31.1 Å². The van der Waals surface area contributed by atoms with Crippen LogP contribution in [0.3, 0.4) is 0 Å². The van der Waals surface area contributed by atoms with Gasteiger partial charge in [0.2, 0.25) is 10.0 Å². The molecule has 5 heteroatoms. The van der Waals surface area contributed by atoms with Crippen LogP contribution in [0.5, 0.6) is 0 Å². The minimum absolute atomic E-state index is 0.00754. The Labute approximate surface area is 114 Å². The SMILES string of the molecule is Cc1ccc(S(=O)(=O)N2CC(=O)[C@@H]2CC(C)C)cc1. The highest BCUT2D eigenvalue weighted by molar-refractivity contribution is 7.89. The molecule has 0 N–H and O–H groups in total. The number of rotatable bonds is 4. The predicted octanol–water partition coefficient (Wildman–Crippen LogP) is 1.98. The summed E-state index contributed by atoms with van der Waals surface area (Å²) < 4.78 is 26.2. The predicted molar refractivity (Wildman–Crippen MR) is 73.3 cm³/mol. The summed E-state index contributed by atoms with van der Waals surface area (Å²) in [6.45, 7) is 5.89. The van der Waals surface area contributed by atoms with Gasteiger partial charge >= 0.3 is 0 Å². The lowest BCUT2D eigenvalue weighted by Crippen LogP contribution is -2.59. The molecule has 0 aromatic heterocycles. The topological polar surface area (TPSA) is 54.5 Å². The Hall–Kier alpha value is -1.20. The van der Waals surface area contributed by atoms with E-state index in [9.17, 15) is 13.2 Å². The van der Waals surface area contributed by atoms with Gasteiger partial charge in [-0.1, -0.05) is 31.5 Å². The van der Waals surface area contributed by atoms with E-state index >= 15 is 0 Å². The third-order valence-electron chi connectivity index (χ3n) is 3.35. The molecule has 0 aliphatic carbocycles. The zero-order chi connectivity index (χ0) is 14.2. The van der Waals surface area contributed by atoms with Gasteiger partial charge < -0.3 is 0 Å². The molecule has 1 saturated heterocycles. The highest BCUT2D eigenvalue weighted by Gasteiger charge is 2.45. The highest BCUT2D eigenvalue weighted by atomic mass is 32.2. The van der Waals surface area contributed by atoms with Crippen molar-refractivity contribution in [2.24, 2.45) is 5.92 Å². The number of Topliss-reactive ketones (excluding diaryl/α,β-unsaturated/α-hetero) is 1. The van der Waals surface area contributed by atoms with Gasteiger partial charge in [-0.05, 0) is 31.4 Å². The monoisotopic (exact) mass is 281 g/mol. The maximum atomic E-state index is 12.4. The molecule has 1 fully saturated rings. The number of aryl methyl sites for hydroxylation is 1. The normalized spacial score (nSPS) is 20.6.